The molecule has 0 aliphatic carbocycles. The normalized spacial score (nSPS) is 15.0. The lowest BCUT2D eigenvalue weighted by Crippen LogP contribution is -2.23. The fourth-order valence-corrected chi connectivity index (χ4v) is 1.37. The number of aliphatic hydroxyl groups is 1. The third-order valence-corrected chi connectivity index (χ3v) is 2.59. The maximum absolute atomic E-state index is 13.3. The monoisotopic (exact) mass is 212 g/mol. The standard InChI is InChI=1S/C12H17FO2/c1-9-4-5-10(8-11(9)13)12(2,14)6-7-15-3/h4-5,8,14H,6-7H2,1-3H3. The van der Waals surface area contributed by atoms with Crippen molar-refractivity contribution in [2.75, 3.05) is 13.7 Å². The fourth-order valence-electron chi connectivity index (χ4n) is 1.37. The van der Waals surface area contributed by atoms with Crippen molar-refractivity contribution in [1.82, 2.24) is 0 Å². The molecule has 0 saturated carbocycles. The average molecular weight is 212 g/mol. The summed E-state index contributed by atoms with van der Waals surface area (Å²) in [4.78, 5) is 0. The van der Waals surface area contributed by atoms with Gasteiger partial charge in [-0.05, 0) is 31.0 Å². The summed E-state index contributed by atoms with van der Waals surface area (Å²) in [5.41, 5.74) is 0.133. The first-order chi connectivity index (χ1) is 6.97. The van der Waals surface area contributed by atoms with E-state index in [1.807, 2.05) is 0 Å². The molecule has 2 nitrogen and oxygen atoms in total. The predicted molar refractivity (Wildman–Crippen MR) is 57.2 cm³/mol. The van der Waals surface area contributed by atoms with Crippen LogP contribution < -0.4 is 0 Å². The minimum Gasteiger partial charge on any atom is -0.385 e. The summed E-state index contributed by atoms with van der Waals surface area (Å²) in [6, 6.07) is 4.80. The molecule has 1 aromatic carbocycles. The van der Waals surface area contributed by atoms with Gasteiger partial charge in [-0.1, -0.05) is 12.1 Å². The Kier molecular flexibility index (Phi) is 3.83. The number of rotatable bonds is 4. The van der Waals surface area contributed by atoms with Crippen LogP contribution in [-0.4, -0.2) is 18.8 Å². The van der Waals surface area contributed by atoms with E-state index < -0.39 is 5.60 Å². The number of benzene rings is 1. The second kappa shape index (κ2) is 4.73. The molecule has 0 amide bonds. The van der Waals surface area contributed by atoms with Crippen molar-refractivity contribution >= 4 is 0 Å². The number of hydrogen-bond acceptors (Lipinski definition) is 2. The Bertz CT molecular complexity index is 334. The molecule has 0 aliphatic rings. The average Bonchev–Trinajstić information content (AvgIpc) is 2.19. The molecule has 1 rings (SSSR count). The molecule has 0 aliphatic heterocycles. The number of hydrogen-bond donors (Lipinski definition) is 1. The van der Waals surface area contributed by atoms with Crippen molar-refractivity contribution in [3.05, 3.63) is 35.1 Å². The molecular formula is C12H17FO2. The van der Waals surface area contributed by atoms with Crippen LogP contribution in [0.15, 0.2) is 18.2 Å². The summed E-state index contributed by atoms with van der Waals surface area (Å²) in [5, 5.41) is 10.1. The summed E-state index contributed by atoms with van der Waals surface area (Å²) in [5.74, 6) is -0.287. The zero-order valence-electron chi connectivity index (χ0n) is 9.38. The lowest BCUT2D eigenvalue weighted by molar-refractivity contribution is 0.0208. The van der Waals surface area contributed by atoms with Crippen LogP contribution in [0.1, 0.15) is 24.5 Å². The molecule has 0 heterocycles. The van der Waals surface area contributed by atoms with E-state index in [2.05, 4.69) is 0 Å². The Balaban J connectivity index is 2.89. The van der Waals surface area contributed by atoms with Gasteiger partial charge in [-0.3, -0.25) is 0 Å². The van der Waals surface area contributed by atoms with Crippen LogP contribution in [-0.2, 0) is 10.3 Å². The highest BCUT2D eigenvalue weighted by atomic mass is 19.1. The Morgan fingerprint density at radius 2 is 2.13 bits per heavy atom. The summed E-state index contributed by atoms with van der Waals surface area (Å²) in [6.45, 7) is 3.81. The largest absolute Gasteiger partial charge is 0.385 e. The summed E-state index contributed by atoms with van der Waals surface area (Å²) < 4.78 is 18.2. The first-order valence-electron chi connectivity index (χ1n) is 4.95. The first-order valence-corrected chi connectivity index (χ1v) is 4.95. The van der Waals surface area contributed by atoms with Crippen molar-refractivity contribution in [2.45, 2.75) is 25.9 Å². The quantitative estimate of drug-likeness (QED) is 0.830. The van der Waals surface area contributed by atoms with E-state index in [4.69, 9.17) is 4.74 Å². The van der Waals surface area contributed by atoms with Gasteiger partial charge in [0.25, 0.3) is 0 Å². The molecule has 0 bridgehead atoms. The van der Waals surface area contributed by atoms with Gasteiger partial charge < -0.3 is 9.84 Å². The van der Waals surface area contributed by atoms with Crippen molar-refractivity contribution in [3.8, 4) is 0 Å². The number of halogens is 1. The number of aryl methyl sites for hydroxylation is 1. The van der Waals surface area contributed by atoms with Crippen molar-refractivity contribution < 1.29 is 14.2 Å². The van der Waals surface area contributed by atoms with Crippen LogP contribution in [0.3, 0.4) is 0 Å². The second-order valence-electron chi connectivity index (χ2n) is 3.98. The van der Waals surface area contributed by atoms with Crippen molar-refractivity contribution in [3.63, 3.8) is 0 Å². The lowest BCUT2D eigenvalue weighted by Gasteiger charge is -2.23. The third kappa shape index (κ3) is 3.01. The fraction of sp³-hybridized carbons (Fsp3) is 0.500. The van der Waals surface area contributed by atoms with E-state index >= 15 is 0 Å². The van der Waals surface area contributed by atoms with Gasteiger partial charge in [-0.15, -0.1) is 0 Å². The third-order valence-electron chi connectivity index (χ3n) is 2.59. The van der Waals surface area contributed by atoms with Crippen LogP contribution >= 0.6 is 0 Å². The van der Waals surface area contributed by atoms with E-state index in [0.717, 1.165) is 0 Å². The van der Waals surface area contributed by atoms with Gasteiger partial charge in [0.05, 0.1) is 5.60 Å². The van der Waals surface area contributed by atoms with E-state index in [-0.39, 0.29) is 5.82 Å². The van der Waals surface area contributed by atoms with Crippen molar-refractivity contribution in [1.29, 1.82) is 0 Å². The van der Waals surface area contributed by atoms with E-state index in [0.29, 0.717) is 24.2 Å². The maximum Gasteiger partial charge on any atom is 0.126 e. The highest BCUT2D eigenvalue weighted by molar-refractivity contribution is 5.27. The lowest BCUT2D eigenvalue weighted by atomic mass is 9.92. The molecule has 0 saturated heterocycles. The molecule has 84 valence electrons. The number of methoxy groups -OCH3 is 1. The molecule has 1 unspecified atom stereocenters. The van der Waals surface area contributed by atoms with Crippen LogP contribution in [0, 0.1) is 12.7 Å². The molecule has 0 aromatic heterocycles. The van der Waals surface area contributed by atoms with Crippen LogP contribution in [0.2, 0.25) is 0 Å². The molecule has 3 heteroatoms. The van der Waals surface area contributed by atoms with Gasteiger partial charge in [0, 0.05) is 20.1 Å². The van der Waals surface area contributed by atoms with Crippen LogP contribution in [0.25, 0.3) is 0 Å². The van der Waals surface area contributed by atoms with E-state index in [9.17, 15) is 9.50 Å². The molecule has 1 atom stereocenters. The first kappa shape index (κ1) is 12.1. The Hall–Kier alpha value is -0.930. The zero-order chi connectivity index (χ0) is 11.5. The van der Waals surface area contributed by atoms with Crippen LogP contribution in [0.5, 0.6) is 0 Å². The minimum absolute atomic E-state index is 0.287. The van der Waals surface area contributed by atoms with Gasteiger partial charge >= 0.3 is 0 Å². The summed E-state index contributed by atoms with van der Waals surface area (Å²) >= 11 is 0. The second-order valence-corrected chi connectivity index (χ2v) is 3.98. The van der Waals surface area contributed by atoms with Gasteiger partial charge in [-0.25, -0.2) is 4.39 Å². The van der Waals surface area contributed by atoms with Gasteiger partial charge in [0.2, 0.25) is 0 Å². The van der Waals surface area contributed by atoms with Gasteiger partial charge in [0.15, 0.2) is 0 Å². The highest BCUT2D eigenvalue weighted by Crippen LogP contribution is 2.25. The van der Waals surface area contributed by atoms with Crippen LogP contribution in [0.4, 0.5) is 4.39 Å². The summed E-state index contributed by atoms with van der Waals surface area (Å²) in [6.07, 6.45) is 0.450. The van der Waals surface area contributed by atoms with E-state index in [1.165, 1.54) is 6.07 Å². The molecule has 0 spiro atoms. The Morgan fingerprint density at radius 1 is 1.47 bits per heavy atom. The summed E-state index contributed by atoms with van der Waals surface area (Å²) in [7, 11) is 1.58. The molecular weight excluding hydrogens is 195 g/mol. The topological polar surface area (TPSA) is 29.5 Å². The van der Waals surface area contributed by atoms with Gasteiger partial charge in [0.1, 0.15) is 5.82 Å². The molecule has 15 heavy (non-hydrogen) atoms. The van der Waals surface area contributed by atoms with Crippen molar-refractivity contribution in [2.24, 2.45) is 0 Å². The zero-order valence-corrected chi connectivity index (χ0v) is 9.38. The minimum atomic E-state index is -1.04. The molecule has 1 aromatic rings. The predicted octanol–water partition coefficient (Wildman–Crippen LogP) is 2.38. The Morgan fingerprint density at radius 3 is 2.67 bits per heavy atom. The Labute approximate surface area is 89.7 Å². The van der Waals surface area contributed by atoms with E-state index in [1.54, 1.807) is 33.1 Å². The molecule has 0 fully saturated rings. The smallest absolute Gasteiger partial charge is 0.126 e. The maximum atomic E-state index is 13.3. The van der Waals surface area contributed by atoms with Gasteiger partial charge in [-0.2, -0.15) is 0 Å². The number of ether oxygens (including phenoxy) is 1. The molecule has 1 N–H and O–H groups in total. The highest BCUT2D eigenvalue weighted by Gasteiger charge is 2.23. The molecule has 0 radical (unpaired) electrons. The SMILES string of the molecule is COCCC(C)(O)c1ccc(C)c(F)c1.